The number of hydrogen-bond acceptors (Lipinski definition) is 4. The van der Waals surface area contributed by atoms with Gasteiger partial charge in [0.25, 0.3) is 0 Å². The van der Waals surface area contributed by atoms with Crippen LogP contribution in [0, 0.1) is 0 Å². The lowest BCUT2D eigenvalue weighted by atomic mass is 10.0. The van der Waals surface area contributed by atoms with Crippen molar-refractivity contribution < 1.29 is 14.3 Å². The lowest BCUT2D eigenvalue weighted by Gasteiger charge is -2.12. The monoisotopic (exact) mass is 235 g/mol. The fraction of sp³-hybridized carbons (Fsp3) is 0.462. The lowest BCUT2D eigenvalue weighted by molar-refractivity contribution is 0.0951. The zero-order chi connectivity index (χ0) is 12.3. The van der Waals surface area contributed by atoms with Gasteiger partial charge >= 0.3 is 0 Å². The second kappa shape index (κ2) is 5.19. The summed E-state index contributed by atoms with van der Waals surface area (Å²) in [6, 6.07) is 5.13. The van der Waals surface area contributed by atoms with Gasteiger partial charge in [0.2, 0.25) is 6.79 Å². The van der Waals surface area contributed by atoms with Gasteiger partial charge in [-0.25, -0.2) is 0 Å². The first-order chi connectivity index (χ1) is 8.22. The molecule has 0 aromatic heterocycles. The van der Waals surface area contributed by atoms with E-state index < -0.39 is 0 Å². The number of ether oxygens (including phenoxy) is 2. The quantitative estimate of drug-likeness (QED) is 0.793. The van der Waals surface area contributed by atoms with E-state index in [-0.39, 0.29) is 18.6 Å². The SMILES string of the molecule is CCCNC(C)C(=O)c1ccc2c(c1)OCO2. The molecule has 0 spiro atoms. The molecule has 1 atom stereocenters. The van der Waals surface area contributed by atoms with E-state index in [1.54, 1.807) is 18.2 Å². The van der Waals surface area contributed by atoms with Crippen LogP contribution in [0.4, 0.5) is 0 Å². The predicted molar refractivity (Wildman–Crippen MR) is 64.7 cm³/mol. The molecule has 1 aromatic carbocycles. The Hall–Kier alpha value is -1.55. The van der Waals surface area contributed by atoms with Crippen LogP contribution in [0.25, 0.3) is 0 Å². The van der Waals surface area contributed by atoms with E-state index >= 15 is 0 Å². The van der Waals surface area contributed by atoms with Crippen LogP contribution in [-0.4, -0.2) is 25.2 Å². The van der Waals surface area contributed by atoms with Crippen molar-refractivity contribution in [1.29, 1.82) is 0 Å². The minimum Gasteiger partial charge on any atom is -0.454 e. The number of hydrogen-bond donors (Lipinski definition) is 1. The van der Waals surface area contributed by atoms with E-state index in [4.69, 9.17) is 9.47 Å². The molecule has 1 heterocycles. The van der Waals surface area contributed by atoms with Crippen molar-refractivity contribution in [1.82, 2.24) is 5.32 Å². The summed E-state index contributed by atoms with van der Waals surface area (Å²) in [6.07, 6.45) is 1.01. The van der Waals surface area contributed by atoms with E-state index in [1.165, 1.54) is 0 Å². The smallest absolute Gasteiger partial charge is 0.231 e. The van der Waals surface area contributed by atoms with Gasteiger partial charge in [-0.05, 0) is 38.1 Å². The number of ketones is 1. The Balaban J connectivity index is 2.09. The van der Waals surface area contributed by atoms with Crippen molar-refractivity contribution in [3.8, 4) is 11.5 Å². The van der Waals surface area contributed by atoms with Crippen LogP contribution < -0.4 is 14.8 Å². The average Bonchev–Trinajstić information content (AvgIpc) is 2.81. The molecular weight excluding hydrogens is 218 g/mol. The highest BCUT2D eigenvalue weighted by Crippen LogP contribution is 2.32. The molecule has 0 amide bonds. The summed E-state index contributed by atoms with van der Waals surface area (Å²) in [6.45, 7) is 5.03. The van der Waals surface area contributed by atoms with Gasteiger partial charge in [0, 0.05) is 5.56 Å². The Kier molecular flexibility index (Phi) is 3.64. The standard InChI is InChI=1S/C13H17NO3/c1-3-6-14-9(2)13(15)10-4-5-11-12(7-10)17-8-16-11/h4-5,7,9,14H,3,6,8H2,1-2H3. The van der Waals surface area contributed by atoms with Crippen molar-refractivity contribution in [2.45, 2.75) is 26.3 Å². The van der Waals surface area contributed by atoms with Gasteiger partial charge in [0.15, 0.2) is 17.3 Å². The molecular formula is C13H17NO3. The lowest BCUT2D eigenvalue weighted by Crippen LogP contribution is -2.34. The number of carbonyl (C=O) groups excluding carboxylic acids is 1. The molecule has 1 unspecified atom stereocenters. The summed E-state index contributed by atoms with van der Waals surface area (Å²) in [5, 5.41) is 3.18. The van der Waals surface area contributed by atoms with Gasteiger partial charge in [-0.1, -0.05) is 6.92 Å². The van der Waals surface area contributed by atoms with Crippen LogP contribution in [0.2, 0.25) is 0 Å². The number of rotatable bonds is 5. The Bertz CT molecular complexity index is 417. The number of benzene rings is 1. The van der Waals surface area contributed by atoms with Gasteiger partial charge in [0.1, 0.15) is 0 Å². The summed E-state index contributed by atoms with van der Waals surface area (Å²) in [5.74, 6) is 1.44. The number of carbonyl (C=O) groups is 1. The first-order valence-electron chi connectivity index (χ1n) is 5.89. The summed E-state index contributed by atoms with van der Waals surface area (Å²) in [4.78, 5) is 12.1. The van der Waals surface area contributed by atoms with Crippen molar-refractivity contribution in [2.24, 2.45) is 0 Å². The highest BCUT2D eigenvalue weighted by atomic mass is 16.7. The second-order valence-corrected chi connectivity index (χ2v) is 4.11. The Morgan fingerprint density at radius 2 is 2.18 bits per heavy atom. The molecule has 0 saturated heterocycles. The van der Waals surface area contributed by atoms with Crippen LogP contribution in [0.5, 0.6) is 11.5 Å². The molecule has 0 saturated carbocycles. The minimum atomic E-state index is -0.171. The van der Waals surface area contributed by atoms with Gasteiger partial charge in [0.05, 0.1) is 6.04 Å². The first-order valence-corrected chi connectivity index (χ1v) is 5.89. The van der Waals surface area contributed by atoms with Crippen molar-refractivity contribution >= 4 is 5.78 Å². The molecule has 2 rings (SSSR count). The second-order valence-electron chi connectivity index (χ2n) is 4.11. The van der Waals surface area contributed by atoms with Gasteiger partial charge < -0.3 is 14.8 Å². The predicted octanol–water partition coefficient (Wildman–Crippen LogP) is 1.99. The van der Waals surface area contributed by atoms with Crippen LogP contribution in [0.3, 0.4) is 0 Å². The maximum atomic E-state index is 12.1. The van der Waals surface area contributed by atoms with E-state index in [9.17, 15) is 4.79 Å². The molecule has 92 valence electrons. The molecule has 17 heavy (non-hydrogen) atoms. The summed E-state index contributed by atoms with van der Waals surface area (Å²) in [7, 11) is 0. The fourth-order valence-corrected chi connectivity index (χ4v) is 1.75. The van der Waals surface area contributed by atoms with Gasteiger partial charge in [-0.15, -0.1) is 0 Å². The van der Waals surface area contributed by atoms with E-state index in [0.29, 0.717) is 17.1 Å². The molecule has 1 aliphatic rings. The van der Waals surface area contributed by atoms with Crippen LogP contribution in [-0.2, 0) is 0 Å². The molecule has 0 radical (unpaired) electrons. The number of nitrogens with one attached hydrogen (secondary N) is 1. The summed E-state index contributed by atoms with van der Waals surface area (Å²) >= 11 is 0. The topological polar surface area (TPSA) is 47.6 Å². The van der Waals surface area contributed by atoms with E-state index in [2.05, 4.69) is 12.2 Å². The maximum absolute atomic E-state index is 12.1. The molecule has 1 aromatic rings. The average molecular weight is 235 g/mol. The minimum absolute atomic E-state index is 0.0803. The van der Waals surface area contributed by atoms with Gasteiger partial charge in [-0.3, -0.25) is 4.79 Å². The number of Topliss-reactive ketones (excluding diaryl/α,β-unsaturated/α-hetero) is 1. The Labute approximate surface area is 101 Å². The van der Waals surface area contributed by atoms with Crippen molar-refractivity contribution in [2.75, 3.05) is 13.3 Å². The molecule has 4 heteroatoms. The Morgan fingerprint density at radius 3 is 2.94 bits per heavy atom. The molecule has 4 nitrogen and oxygen atoms in total. The maximum Gasteiger partial charge on any atom is 0.231 e. The van der Waals surface area contributed by atoms with Crippen molar-refractivity contribution in [3.63, 3.8) is 0 Å². The fourth-order valence-electron chi connectivity index (χ4n) is 1.75. The summed E-state index contributed by atoms with van der Waals surface area (Å²) < 4.78 is 10.5. The third kappa shape index (κ3) is 2.58. The van der Waals surface area contributed by atoms with E-state index in [1.807, 2.05) is 6.92 Å². The zero-order valence-electron chi connectivity index (χ0n) is 10.2. The van der Waals surface area contributed by atoms with Crippen LogP contribution in [0.15, 0.2) is 18.2 Å². The molecule has 0 fully saturated rings. The largest absolute Gasteiger partial charge is 0.454 e. The normalized spacial score (nSPS) is 14.7. The third-order valence-electron chi connectivity index (χ3n) is 2.75. The number of fused-ring (bicyclic) bond motifs is 1. The first kappa shape index (κ1) is 11.9. The third-order valence-corrected chi connectivity index (χ3v) is 2.75. The Morgan fingerprint density at radius 1 is 1.41 bits per heavy atom. The summed E-state index contributed by atoms with van der Waals surface area (Å²) in [5.41, 5.74) is 0.658. The van der Waals surface area contributed by atoms with Crippen LogP contribution >= 0.6 is 0 Å². The molecule has 0 bridgehead atoms. The van der Waals surface area contributed by atoms with Crippen LogP contribution in [0.1, 0.15) is 30.6 Å². The molecule has 1 aliphatic heterocycles. The van der Waals surface area contributed by atoms with Crippen molar-refractivity contribution in [3.05, 3.63) is 23.8 Å². The molecule has 0 aliphatic carbocycles. The van der Waals surface area contributed by atoms with Gasteiger partial charge in [-0.2, -0.15) is 0 Å². The van der Waals surface area contributed by atoms with E-state index in [0.717, 1.165) is 13.0 Å². The molecule has 1 N–H and O–H groups in total. The highest BCUT2D eigenvalue weighted by Gasteiger charge is 2.19. The zero-order valence-corrected chi connectivity index (χ0v) is 10.2. The highest BCUT2D eigenvalue weighted by molar-refractivity contribution is 6.00.